The molecule has 2 amide bonds. The maximum Gasteiger partial charge on any atom is 0.326 e. The highest BCUT2D eigenvalue weighted by atomic mass is 16.4. The normalized spacial score (nSPS) is 13.6. The van der Waals surface area contributed by atoms with E-state index in [-0.39, 0.29) is 12.5 Å². The van der Waals surface area contributed by atoms with Crippen molar-refractivity contribution in [3.63, 3.8) is 0 Å². The Bertz CT molecular complexity index is 420. The van der Waals surface area contributed by atoms with Crippen LogP contribution in [-0.4, -0.2) is 50.3 Å². The zero-order valence-electron chi connectivity index (χ0n) is 11.3. The van der Waals surface area contributed by atoms with Crippen molar-refractivity contribution in [2.24, 2.45) is 5.92 Å². The van der Waals surface area contributed by atoms with Crippen LogP contribution in [0, 0.1) is 5.92 Å². The molecule has 0 radical (unpaired) electrons. The lowest BCUT2D eigenvalue weighted by Crippen LogP contribution is -2.49. The van der Waals surface area contributed by atoms with Gasteiger partial charge in [0, 0.05) is 7.05 Å². The maximum absolute atomic E-state index is 11.9. The lowest BCUT2D eigenvalue weighted by Gasteiger charge is -2.23. The van der Waals surface area contributed by atoms with Gasteiger partial charge in [-0.15, -0.1) is 0 Å². The van der Waals surface area contributed by atoms with Crippen molar-refractivity contribution in [1.29, 1.82) is 0 Å². The molecule has 2 atom stereocenters. The Kier molecular flexibility index (Phi) is 5.28. The topological polar surface area (TPSA) is 111 Å². The summed E-state index contributed by atoms with van der Waals surface area (Å²) >= 11 is 0. The number of carbonyl (C=O) groups is 2. The zero-order chi connectivity index (χ0) is 14.4. The lowest BCUT2D eigenvalue weighted by molar-refractivity contribution is -0.140. The number of H-pyrrole nitrogens is 1. The molecule has 0 aliphatic carbocycles. The van der Waals surface area contributed by atoms with Gasteiger partial charge in [-0.3, -0.25) is 5.10 Å². The summed E-state index contributed by atoms with van der Waals surface area (Å²) in [5, 5.41) is 17.9. The molecule has 0 fully saturated rings. The van der Waals surface area contributed by atoms with Crippen LogP contribution in [0.25, 0.3) is 0 Å². The van der Waals surface area contributed by atoms with E-state index in [1.807, 2.05) is 6.92 Å². The number of amides is 2. The summed E-state index contributed by atoms with van der Waals surface area (Å²) in [6, 6.07) is -1.35. The first-order valence-corrected chi connectivity index (χ1v) is 6.04. The largest absolute Gasteiger partial charge is 0.480 e. The smallest absolute Gasteiger partial charge is 0.326 e. The van der Waals surface area contributed by atoms with Gasteiger partial charge in [0.05, 0.1) is 6.54 Å². The van der Waals surface area contributed by atoms with Crippen LogP contribution < -0.4 is 5.32 Å². The minimum absolute atomic E-state index is 0.139. The van der Waals surface area contributed by atoms with Crippen LogP contribution in [0.2, 0.25) is 0 Å². The summed E-state index contributed by atoms with van der Waals surface area (Å²) in [6.07, 6.45) is 2.02. The lowest BCUT2D eigenvalue weighted by atomic mass is 9.99. The number of carboxylic acid groups (broad SMARTS) is 1. The molecule has 1 heterocycles. The average Bonchev–Trinajstić information content (AvgIpc) is 2.86. The van der Waals surface area contributed by atoms with Gasteiger partial charge in [0.2, 0.25) is 0 Å². The van der Waals surface area contributed by atoms with Crippen molar-refractivity contribution in [3.8, 4) is 0 Å². The number of aromatic nitrogens is 3. The molecule has 1 unspecified atom stereocenters. The number of aromatic amines is 1. The highest BCUT2D eigenvalue weighted by Gasteiger charge is 2.26. The fourth-order valence-corrected chi connectivity index (χ4v) is 1.53. The van der Waals surface area contributed by atoms with Crippen LogP contribution in [0.15, 0.2) is 6.33 Å². The monoisotopic (exact) mass is 269 g/mol. The molecule has 8 heteroatoms. The van der Waals surface area contributed by atoms with Crippen LogP contribution in [0.1, 0.15) is 26.1 Å². The summed E-state index contributed by atoms with van der Waals surface area (Å²) < 4.78 is 0. The van der Waals surface area contributed by atoms with Crippen LogP contribution in [0.5, 0.6) is 0 Å². The summed E-state index contributed by atoms with van der Waals surface area (Å²) in [4.78, 5) is 28.3. The third-order valence-electron chi connectivity index (χ3n) is 2.96. The van der Waals surface area contributed by atoms with Crippen molar-refractivity contribution >= 4 is 12.0 Å². The molecule has 0 aliphatic heterocycles. The first-order valence-electron chi connectivity index (χ1n) is 6.04. The molecule has 0 bridgehead atoms. The van der Waals surface area contributed by atoms with E-state index >= 15 is 0 Å². The second-order valence-electron chi connectivity index (χ2n) is 4.44. The first kappa shape index (κ1) is 14.9. The summed E-state index contributed by atoms with van der Waals surface area (Å²) in [5.74, 6) is -0.635. The van der Waals surface area contributed by atoms with Gasteiger partial charge in [-0.05, 0) is 5.92 Å². The van der Waals surface area contributed by atoms with Crippen LogP contribution >= 0.6 is 0 Å². The minimum Gasteiger partial charge on any atom is -0.480 e. The van der Waals surface area contributed by atoms with Gasteiger partial charge in [-0.25, -0.2) is 14.6 Å². The van der Waals surface area contributed by atoms with Crippen LogP contribution in [-0.2, 0) is 11.3 Å². The molecular weight excluding hydrogens is 250 g/mol. The molecule has 19 heavy (non-hydrogen) atoms. The number of carboxylic acids is 1. The Morgan fingerprint density at radius 1 is 1.58 bits per heavy atom. The van der Waals surface area contributed by atoms with E-state index in [2.05, 4.69) is 20.5 Å². The number of hydrogen-bond acceptors (Lipinski definition) is 4. The Balaban J connectivity index is 2.58. The van der Waals surface area contributed by atoms with E-state index in [1.165, 1.54) is 11.2 Å². The van der Waals surface area contributed by atoms with Crippen molar-refractivity contribution in [1.82, 2.24) is 25.4 Å². The molecule has 3 N–H and O–H groups in total. The van der Waals surface area contributed by atoms with Gasteiger partial charge in [0.25, 0.3) is 0 Å². The molecular formula is C11H19N5O3. The van der Waals surface area contributed by atoms with Crippen molar-refractivity contribution in [2.75, 3.05) is 7.05 Å². The van der Waals surface area contributed by atoms with E-state index in [4.69, 9.17) is 5.11 Å². The molecule has 0 saturated carbocycles. The quantitative estimate of drug-likeness (QED) is 0.694. The van der Waals surface area contributed by atoms with Gasteiger partial charge in [0.15, 0.2) is 0 Å². The molecule has 0 spiro atoms. The SMILES string of the molecule is CCC(C)[C@H](NC(=O)N(C)Cc1ncn[nH]1)C(=O)O. The second kappa shape index (κ2) is 6.72. The fraction of sp³-hybridized carbons (Fsp3) is 0.636. The number of aliphatic carboxylic acids is 1. The van der Waals surface area contributed by atoms with E-state index in [0.29, 0.717) is 12.2 Å². The minimum atomic E-state index is -1.03. The number of carbonyl (C=O) groups excluding carboxylic acids is 1. The Hall–Kier alpha value is -2.12. The maximum atomic E-state index is 11.9. The zero-order valence-corrected chi connectivity index (χ0v) is 11.3. The molecule has 0 aliphatic rings. The predicted octanol–water partition coefficient (Wildman–Crippen LogP) is 0.445. The molecule has 1 rings (SSSR count). The molecule has 1 aromatic rings. The first-order chi connectivity index (χ1) is 8.95. The average molecular weight is 269 g/mol. The summed E-state index contributed by atoms with van der Waals surface area (Å²) in [6.45, 7) is 3.90. The van der Waals surface area contributed by atoms with E-state index in [0.717, 1.165) is 0 Å². The van der Waals surface area contributed by atoms with Crippen molar-refractivity contribution < 1.29 is 14.7 Å². The third kappa shape index (κ3) is 4.23. The van der Waals surface area contributed by atoms with Gasteiger partial charge in [0.1, 0.15) is 18.2 Å². The number of nitrogens with zero attached hydrogens (tertiary/aromatic N) is 3. The Labute approximate surface area is 111 Å². The number of hydrogen-bond donors (Lipinski definition) is 3. The number of rotatable bonds is 6. The van der Waals surface area contributed by atoms with E-state index < -0.39 is 18.0 Å². The Morgan fingerprint density at radius 3 is 2.74 bits per heavy atom. The number of urea groups is 1. The molecule has 1 aromatic heterocycles. The van der Waals surface area contributed by atoms with Gasteiger partial charge < -0.3 is 15.3 Å². The fourth-order valence-electron chi connectivity index (χ4n) is 1.53. The highest BCUT2D eigenvalue weighted by molar-refractivity contribution is 5.82. The Morgan fingerprint density at radius 2 is 2.26 bits per heavy atom. The summed E-state index contributed by atoms with van der Waals surface area (Å²) in [5.41, 5.74) is 0. The number of nitrogens with one attached hydrogen (secondary N) is 2. The molecule has 0 saturated heterocycles. The van der Waals surface area contributed by atoms with Gasteiger partial charge in [-0.1, -0.05) is 20.3 Å². The molecule has 8 nitrogen and oxygen atoms in total. The predicted molar refractivity (Wildman–Crippen MR) is 67.3 cm³/mol. The molecule has 106 valence electrons. The van der Waals surface area contributed by atoms with Gasteiger partial charge >= 0.3 is 12.0 Å². The highest BCUT2D eigenvalue weighted by Crippen LogP contribution is 2.08. The van der Waals surface area contributed by atoms with E-state index in [1.54, 1.807) is 14.0 Å². The third-order valence-corrected chi connectivity index (χ3v) is 2.96. The van der Waals surface area contributed by atoms with Crippen molar-refractivity contribution in [2.45, 2.75) is 32.9 Å². The van der Waals surface area contributed by atoms with Gasteiger partial charge in [-0.2, -0.15) is 5.10 Å². The summed E-state index contributed by atoms with van der Waals surface area (Å²) in [7, 11) is 1.56. The van der Waals surface area contributed by atoms with Crippen LogP contribution in [0.3, 0.4) is 0 Å². The van der Waals surface area contributed by atoms with Crippen molar-refractivity contribution in [3.05, 3.63) is 12.2 Å². The molecule has 0 aromatic carbocycles. The standard InChI is InChI=1S/C11H19N5O3/c1-4-7(2)9(10(17)18)14-11(19)16(3)5-8-12-6-13-15-8/h6-7,9H,4-5H2,1-3H3,(H,14,19)(H,17,18)(H,12,13,15)/t7?,9-/m0/s1. The van der Waals surface area contributed by atoms with Crippen LogP contribution in [0.4, 0.5) is 4.79 Å². The second-order valence-corrected chi connectivity index (χ2v) is 4.44. The van der Waals surface area contributed by atoms with E-state index in [9.17, 15) is 9.59 Å².